The van der Waals surface area contributed by atoms with Crippen molar-refractivity contribution in [3.05, 3.63) is 0 Å². The van der Waals surface area contributed by atoms with Crippen LogP contribution in [0.2, 0.25) is 0 Å². The van der Waals surface area contributed by atoms with E-state index < -0.39 is 5.60 Å². The van der Waals surface area contributed by atoms with E-state index in [4.69, 9.17) is 4.74 Å². The maximum absolute atomic E-state index is 12.5. The molecule has 3 unspecified atom stereocenters. The Bertz CT molecular complexity index is 552. The molecule has 8 atom stereocenters. The minimum Gasteiger partial charge on any atom is -0.387 e. The van der Waals surface area contributed by atoms with Crippen molar-refractivity contribution in [2.75, 3.05) is 19.5 Å². The average molecular weight is 381 g/mol. The summed E-state index contributed by atoms with van der Waals surface area (Å²) in [5.74, 6) is 4.86. The van der Waals surface area contributed by atoms with E-state index in [1.807, 2.05) is 0 Å². The highest BCUT2D eigenvalue weighted by Gasteiger charge is 2.58. The van der Waals surface area contributed by atoms with Gasteiger partial charge in [0.25, 0.3) is 0 Å². The number of fused-ring (bicyclic) bond motifs is 5. The van der Waals surface area contributed by atoms with Crippen LogP contribution < -0.4 is 0 Å². The summed E-state index contributed by atoms with van der Waals surface area (Å²) in [6.07, 6.45) is 10.4. The van der Waals surface area contributed by atoms with Gasteiger partial charge in [-0.05, 0) is 92.8 Å². The largest absolute Gasteiger partial charge is 0.387 e. The Labute approximate surface area is 164 Å². The van der Waals surface area contributed by atoms with Crippen LogP contribution in [0.15, 0.2) is 0 Å². The normalized spacial score (nSPS) is 50.6. The van der Waals surface area contributed by atoms with Gasteiger partial charge in [0, 0.05) is 18.8 Å². The van der Waals surface area contributed by atoms with Gasteiger partial charge < -0.3 is 9.84 Å². The lowest BCUT2D eigenvalue weighted by Crippen LogP contribution is -2.52. The van der Waals surface area contributed by atoms with Gasteiger partial charge in [0.2, 0.25) is 0 Å². The molecule has 0 aromatic rings. The predicted molar refractivity (Wildman–Crippen MR) is 106 cm³/mol. The molecule has 0 radical (unpaired) electrons. The molecule has 0 saturated heterocycles. The minimum absolute atomic E-state index is 0.221. The molecule has 4 aliphatic rings. The number of aliphatic hydroxyl groups is 1. The van der Waals surface area contributed by atoms with Crippen LogP contribution in [0.25, 0.3) is 0 Å². The number of rotatable bonds is 4. The van der Waals surface area contributed by atoms with Gasteiger partial charge in [-0.3, -0.25) is 4.79 Å². The fourth-order valence-corrected chi connectivity index (χ4v) is 8.22. The molecule has 0 aromatic carbocycles. The molecular weight excluding hydrogens is 344 g/mol. The monoisotopic (exact) mass is 380 g/mol. The zero-order valence-corrected chi connectivity index (χ0v) is 17.3. The quantitative estimate of drug-likeness (QED) is 0.721. The molecule has 4 rings (SSSR count). The second-order valence-electron chi connectivity index (χ2n) is 10.1. The van der Waals surface area contributed by atoms with E-state index in [-0.39, 0.29) is 11.3 Å². The third kappa shape index (κ3) is 2.99. The van der Waals surface area contributed by atoms with Crippen molar-refractivity contribution in [1.29, 1.82) is 0 Å². The second-order valence-corrected chi connectivity index (χ2v) is 10.5. The summed E-state index contributed by atoms with van der Waals surface area (Å²) in [6, 6.07) is 0. The number of carbonyl (C=O) groups is 1. The first-order valence-corrected chi connectivity index (χ1v) is 11.4. The SMILES string of the molecule is COC[C@@]1(O)CC[C@@H]2C3CC[C@@]4(C)C(CC[C@@H]4C(=O)CS)C3CC[C@@H]2C1. The Morgan fingerprint density at radius 1 is 1.08 bits per heavy atom. The van der Waals surface area contributed by atoms with Crippen molar-refractivity contribution in [1.82, 2.24) is 0 Å². The standard InChI is InChI=1S/C22H36O3S/c1-21-9-7-16-15-8-10-22(24,13-25-2)11-14(15)3-4-17(16)18(21)5-6-19(21)20(23)12-26/h14-19,24,26H,3-13H2,1-2H3/t14-,15+,16?,17?,18?,19-,21+,22-/m1/s1. The summed E-state index contributed by atoms with van der Waals surface area (Å²) in [5, 5.41) is 10.9. The first-order chi connectivity index (χ1) is 12.4. The summed E-state index contributed by atoms with van der Waals surface area (Å²) in [4.78, 5) is 12.5. The molecule has 0 amide bonds. The lowest BCUT2D eigenvalue weighted by atomic mass is 9.49. The van der Waals surface area contributed by atoms with Crippen molar-refractivity contribution >= 4 is 18.4 Å². The molecule has 148 valence electrons. The summed E-state index contributed by atoms with van der Waals surface area (Å²) >= 11 is 4.29. The van der Waals surface area contributed by atoms with Crippen LogP contribution in [-0.4, -0.2) is 36.0 Å². The van der Waals surface area contributed by atoms with Crippen molar-refractivity contribution in [2.24, 2.45) is 40.9 Å². The van der Waals surface area contributed by atoms with Crippen LogP contribution in [0.4, 0.5) is 0 Å². The van der Waals surface area contributed by atoms with Gasteiger partial charge in [-0.15, -0.1) is 0 Å². The van der Waals surface area contributed by atoms with Crippen LogP contribution in [0.1, 0.15) is 64.7 Å². The molecule has 4 saturated carbocycles. The van der Waals surface area contributed by atoms with Crippen LogP contribution in [-0.2, 0) is 9.53 Å². The van der Waals surface area contributed by atoms with Gasteiger partial charge in [-0.2, -0.15) is 12.6 Å². The number of hydrogen-bond acceptors (Lipinski definition) is 4. The van der Waals surface area contributed by atoms with E-state index in [1.165, 1.54) is 32.1 Å². The highest BCUT2D eigenvalue weighted by molar-refractivity contribution is 7.81. The third-order valence-corrected chi connectivity index (χ3v) is 9.37. The van der Waals surface area contributed by atoms with E-state index in [2.05, 4.69) is 19.6 Å². The maximum atomic E-state index is 12.5. The average Bonchev–Trinajstić information content (AvgIpc) is 2.98. The van der Waals surface area contributed by atoms with Crippen molar-refractivity contribution in [3.8, 4) is 0 Å². The fraction of sp³-hybridized carbons (Fsp3) is 0.955. The Kier molecular flexibility index (Phi) is 5.24. The first kappa shape index (κ1) is 19.3. The summed E-state index contributed by atoms with van der Waals surface area (Å²) in [7, 11) is 1.70. The smallest absolute Gasteiger partial charge is 0.146 e. The summed E-state index contributed by atoms with van der Waals surface area (Å²) in [6.45, 7) is 2.90. The van der Waals surface area contributed by atoms with Gasteiger partial charge in [-0.25, -0.2) is 0 Å². The zero-order valence-electron chi connectivity index (χ0n) is 16.5. The topological polar surface area (TPSA) is 46.5 Å². The van der Waals surface area contributed by atoms with E-state index >= 15 is 0 Å². The van der Waals surface area contributed by atoms with Crippen LogP contribution >= 0.6 is 12.6 Å². The number of carbonyl (C=O) groups excluding carboxylic acids is 1. The van der Waals surface area contributed by atoms with Gasteiger partial charge in [0.1, 0.15) is 5.78 Å². The van der Waals surface area contributed by atoms with Crippen molar-refractivity contribution in [3.63, 3.8) is 0 Å². The van der Waals surface area contributed by atoms with Crippen LogP contribution in [0, 0.1) is 40.9 Å². The molecule has 0 aromatic heterocycles. The molecule has 0 heterocycles. The predicted octanol–water partition coefficient (Wildman–Crippen LogP) is 4.13. The number of hydrogen-bond donors (Lipinski definition) is 2. The second kappa shape index (κ2) is 7.08. The molecular formula is C22H36O3S. The maximum Gasteiger partial charge on any atom is 0.146 e. The molecule has 0 bridgehead atoms. The molecule has 4 fully saturated rings. The van der Waals surface area contributed by atoms with Gasteiger partial charge in [0.15, 0.2) is 0 Å². The molecule has 3 nitrogen and oxygen atoms in total. The molecule has 4 aliphatic carbocycles. The number of methoxy groups -OCH3 is 1. The van der Waals surface area contributed by atoms with E-state index in [9.17, 15) is 9.90 Å². The van der Waals surface area contributed by atoms with Gasteiger partial charge in [0.05, 0.1) is 12.2 Å². The lowest BCUT2D eigenvalue weighted by molar-refractivity contribution is -0.134. The molecule has 26 heavy (non-hydrogen) atoms. The third-order valence-electron chi connectivity index (χ3n) is 9.06. The van der Waals surface area contributed by atoms with Crippen molar-refractivity contribution < 1.29 is 14.6 Å². The fourth-order valence-electron chi connectivity index (χ4n) is 8.00. The summed E-state index contributed by atoms with van der Waals surface area (Å²) < 4.78 is 5.30. The Hall–Kier alpha value is -0.0600. The Morgan fingerprint density at radius 3 is 2.58 bits per heavy atom. The number of ketones is 1. The van der Waals surface area contributed by atoms with Gasteiger partial charge >= 0.3 is 0 Å². The number of thiol groups is 1. The van der Waals surface area contributed by atoms with Gasteiger partial charge in [-0.1, -0.05) is 6.92 Å². The van der Waals surface area contributed by atoms with E-state index in [0.29, 0.717) is 24.1 Å². The molecule has 0 aliphatic heterocycles. The van der Waals surface area contributed by atoms with E-state index in [1.54, 1.807) is 7.11 Å². The van der Waals surface area contributed by atoms with E-state index in [0.717, 1.165) is 49.4 Å². The highest BCUT2D eigenvalue weighted by atomic mass is 32.1. The first-order valence-electron chi connectivity index (χ1n) is 10.8. The number of Topliss-reactive ketones (excluding diaryl/α,β-unsaturated/α-hetero) is 1. The Balaban J connectivity index is 1.50. The van der Waals surface area contributed by atoms with Crippen molar-refractivity contribution in [2.45, 2.75) is 70.3 Å². The lowest BCUT2D eigenvalue weighted by Gasteiger charge is -2.57. The Morgan fingerprint density at radius 2 is 1.85 bits per heavy atom. The molecule has 4 heteroatoms. The highest BCUT2D eigenvalue weighted by Crippen LogP contribution is 2.64. The minimum atomic E-state index is -0.594. The summed E-state index contributed by atoms with van der Waals surface area (Å²) in [5.41, 5.74) is -0.372. The molecule has 1 N–H and O–H groups in total. The molecule has 0 spiro atoms. The van der Waals surface area contributed by atoms with Crippen LogP contribution in [0.5, 0.6) is 0 Å². The van der Waals surface area contributed by atoms with Crippen LogP contribution in [0.3, 0.4) is 0 Å². The number of ether oxygens (including phenoxy) is 1. The zero-order chi connectivity index (χ0) is 18.5.